The minimum absolute atomic E-state index is 0.201. The normalized spacial score (nSPS) is 11.8. The Morgan fingerprint density at radius 1 is 0.971 bits per heavy atom. The van der Waals surface area contributed by atoms with Crippen LogP contribution in [-0.2, 0) is 9.84 Å². The summed E-state index contributed by atoms with van der Waals surface area (Å²) in [7, 11) is -3.35. The number of pyridine rings is 1. The van der Waals surface area contributed by atoms with Gasteiger partial charge in [0.15, 0.2) is 15.0 Å². The molecule has 0 aliphatic heterocycles. The standard InChI is InChI=1S/C25H17Cl2N3O3S2/c1-13-22(24(31)30-25-29-20-10-8-15(35(2,32)33)12-21(20)34-25)17-5-3-4-6-19(17)28-23(13)16-9-7-14(26)11-18(16)27/h3-12H,1-2H3,(H,29,30,31). The number of benzene rings is 3. The maximum Gasteiger partial charge on any atom is 0.258 e. The molecule has 10 heteroatoms. The van der Waals surface area contributed by atoms with Gasteiger partial charge >= 0.3 is 0 Å². The molecular weight excluding hydrogens is 525 g/mol. The monoisotopic (exact) mass is 541 g/mol. The van der Waals surface area contributed by atoms with Crippen molar-refractivity contribution in [3.05, 3.63) is 81.8 Å². The number of nitrogens with zero attached hydrogens (tertiary/aromatic N) is 2. The molecular formula is C25H17Cl2N3O3S2. The van der Waals surface area contributed by atoms with Crippen molar-refractivity contribution in [3.8, 4) is 11.3 Å². The maximum absolute atomic E-state index is 13.6. The zero-order valence-corrected chi connectivity index (χ0v) is 21.6. The quantitative estimate of drug-likeness (QED) is 0.270. The van der Waals surface area contributed by atoms with Crippen LogP contribution >= 0.6 is 34.5 Å². The van der Waals surface area contributed by atoms with E-state index in [2.05, 4.69) is 10.3 Å². The van der Waals surface area contributed by atoms with E-state index in [1.165, 1.54) is 17.4 Å². The predicted molar refractivity (Wildman–Crippen MR) is 143 cm³/mol. The largest absolute Gasteiger partial charge is 0.298 e. The number of anilines is 1. The van der Waals surface area contributed by atoms with Gasteiger partial charge in [-0.2, -0.15) is 0 Å². The zero-order chi connectivity index (χ0) is 24.9. The van der Waals surface area contributed by atoms with Gasteiger partial charge < -0.3 is 0 Å². The Kier molecular flexibility index (Phi) is 6.01. The maximum atomic E-state index is 13.6. The molecule has 0 aliphatic rings. The van der Waals surface area contributed by atoms with Crippen molar-refractivity contribution < 1.29 is 13.2 Å². The number of nitrogens with one attached hydrogen (secondary N) is 1. The molecule has 0 aliphatic carbocycles. The van der Waals surface area contributed by atoms with Gasteiger partial charge in [-0.25, -0.2) is 18.4 Å². The summed E-state index contributed by atoms with van der Waals surface area (Å²) < 4.78 is 24.4. The van der Waals surface area contributed by atoms with Gasteiger partial charge in [0, 0.05) is 22.2 Å². The Balaban J connectivity index is 1.61. The van der Waals surface area contributed by atoms with E-state index in [1.54, 1.807) is 30.3 Å². The fourth-order valence-electron chi connectivity index (χ4n) is 3.89. The summed E-state index contributed by atoms with van der Waals surface area (Å²) in [6.45, 7) is 1.82. The first-order valence-corrected chi connectivity index (χ1v) is 13.8. The van der Waals surface area contributed by atoms with E-state index in [4.69, 9.17) is 28.2 Å². The molecule has 2 heterocycles. The molecule has 0 unspecified atom stereocenters. The summed E-state index contributed by atoms with van der Waals surface area (Å²) in [5.41, 5.74) is 3.60. The van der Waals surface area contributed by atoms with Crippen molar-refractivity contribution >= 4 is 76.5 Å². The number of aromatic nitrogens is 2. The van der Waals surface area contributed by atoms with Crippen LogP contribution in [0.15, 0.2) is 65.6 Å². The van der Waals surface area contributed by atoms with Crippen LogP contribution in [0.25, 0.3) is 32.4 Å². The molecule has 0 fully saturated rings. The second-order valence-corrected chi connectivity index (χ2v) is 11.9. The van der Waals surface area contributed by atoms with Crippen LogP contribution in [0.1, 0.15) is 15.9 Å². The minimum Gasteiger partial charge on any atom is -0.298 e. The molecule has 2 aromatic heterocycles. The van der Waals surface area contributed by atoms with Gasteiger partial charge in [-0.3, -0.25) is 10.1 Å². The van der Waals surface area contributed by atoms with E-state index >= 15 is 0 Å². The zero-order valence-electron chi connectivity index (χ0n) is 18.5. The lowest BCUT2D eigenvalue weighted by Crippen LogP contribution is -2.15. The second kappa shape index (κ2) is 8.87. The highest BCUT2D eigenvalue weighted by Gasteiger charge is 2.21. The Morgan fingerprint density at radius 3 is 2.49 bits per heavy atom. The molecule has 5 aromatic rings. The molecule has 0 bridgehead atoms. The lowest BCUT2D eigenvalue weighted by atomic mass is 9.97. The molecule has 0 radical (unpaired) electrons. The predicted octanol–water partition coefficient (Wildman–Crippen LogP) is 6.78. The molecule has 0 saturated carbocycles. The van der Waals surface area contributed by atoms with Crippen LogP contribution in [-0.4, -0.2) is 30.5 Å². The van der Waals surface area contributed by atoms with Crippen LogP contribution in [0, 0.1) is 6.92 Å². The van der Waals surface area contributed by atoms with Gasteiger partial charge in [0.25, 0.3) is 5.91 Å². The Hall–Kier alpha value is -3.04. The Labute approximate surface area is 215 Å². The van der Waals surface area contributed by atoms with E-state index < -0.39 is 9.84 Å². The van der Waals surface area contributed by atoms with E-state index in [-0.39, 0.29) is 10.8 Å². The van der Waals surface area contributed by atoms with Crippen molar-refractivity contribution in [3.63, 3.8) is 0 Å². The van der Waals surface area contributed by atoms with Crippen LogP contribution in [0.4, 0.5) is 5.13 Å². The van der Waals surface area contributed by atoms with Crippen molar-refractivity contribution in [2.24, 2.45) is 0 Å². The minimum atomic E-state index is -3.35. The average molecular weight is 542 g/mol. The highest BCUT2D eigenvalue weighted by atomic mass is 35.5. The molecule has 1 amide bonds. The van der Waals surface area contributed by atoms with Gasteiger partial charge in [-0.1, -0.05) is 52.7 Å². The number of halogens is 2. The summed E-state index contributed by atoms with van der Waals surface area (Å²) in [4.78, 5) is 23.0. The number of rotatable bonds is 4. The summed E-state index contributed by atoms with van der Waals surface area (Å²) in [5.74, 6) is -0.352. The number of amides is 1. The lowest BCUT2D eigenvalue weighted by molar-refractivity contribution is 0.102. The van der Waals surface area contributed by atoms with E-state index in [1.807, 2.05) is 31.2 Å². The summed E-state index contributed by atoms with van der Waals surface area (Å²) in [6.07, 6.45) is 1.15. The smallest absolute Gasteiger partial charge is 0.258 e. The third kappa shape index (κ3) is 4.50. The van der Waals surface area contributed by atoms with Crippen molar-refractivity contribution in [2.45, 2.75) is 11.8 Å². The lowest BCUT2D eigenvalue weighted by Gasteiger charge is -2.15. The summed E-state index contributed by atoms with van der Waals surface area (Å²) in [5, 5.41) is 4.87. The fourth-order valence-corrected chi connectivity index (χ4v) is 6.01. The summed E-state index contributed by atoms with van der Waals surface area (Å²) >= 11 is 13.7. The average Bonchev–Trinajstić information content (AvgIpc) is 3.19. The molecule has 5 rings (SSSR count). The number of hydrogen-bond donors (Lipinski definition) is 1. The highest BCUT2D eigenvalue weighted by Crippen LogP contribution is 2.36. The number of hydrogen-bond acceptors (Lipinski definition) is 6. The Bertz CT molecular complexity index is 1770. The second-order valence-electron chi connectivity index (χ2n) is 7.98. The molecule has 0 spiro atoms. The number of carbonyl (C=O) groups excluding carboxylic acids is 1. The van der Waals surface area contributed by atoms with Crippen molar-refractivity contribution in [1.82, 2.24) is 9.97 Å². The van der Waals surface area contributed by atoms with Crippen LogP contribution in [0.5, 0.6) is 0 Å². The molecule has 6 nitrogen and oxygen atoms in total. The van der Waals surface area contributed by atoms with Gasteiger partial charge in [-0.05, 0) is 55.0 Å². The first-order chi connectivity index (χ1) is 16.6. The van der Waals surface area contributed by atoms with Gasteiger partial charge in [0.2, 0.25) is 0 Å². The SMILES string of the molecule is Cc1c(-c2ccc(Cl)cc2Cl)nc2ccccc2c1C(=O)Nc1nc2ccc(S(C)(=O)=O)cc2s1. The highest BCUT2D eigenvalue weighted by molar-refractivity contribution is 7.90. The van der Waals surface area contributed by atoms with Crippen LogP contribution < -0.4 is 5.32 Å². The van der Waals surface area contributed by atoms with Gasteiger partial charge in [-0.15, -0.1) is 0 Å². The fraction of sp³-hybridized carbons (Fsp3) is 0.0800. The van der Waals surface area contributed by atoms with Crippen molar-refractivity contribution in [1.29, 1.82) is 0 Å². The third-order valence-corrected chi connectivity index (χ3v) is 8.15. The van der Waals surface area contributed by atoms with E-state index in [0.29, 0.717) is 58.7 Å². The third-order valence-electron chi connectivity index (χ3n) is 5.56. The van der Waals surface area contributed by atoms with Crippen LogP contribution in [0.2, 0.25) is 10.0 Å². The molecule has 0 saturated heterocycles. The Morgan fingerprint density at radius 2 is 1.74 bits per heavy atom. The van der Waals surface area contributed by atoms with E-state index in [0.717, 1.165) is 6.26 Å². The number of sulfone groups is 1. The van der Waals surface area contributed by atoms with Gasteiger partial charge in [0.05, 0.1) is 36.9 Å². The molecule has 176 valence electrons. The number of para-hydroxylation sites is 1. The molecule has 35 heavy (non-hydrogen) atoms. The first kappa shape index (κ1) is 23.7. The first-order valence-electron chi connectivity index (χ1n) is 10.4. The number of carbonyl (C=O) groups is 1. The summed E-state index contributed by atoms with van der Waals surface area (Å²) in [6, 6.07) is 17.2. The van der Waals surface area contributed by atoms with E-state index in [9.17, 15) is 13.2 Å². The molecule has 1 N–H and O–H groups in total. The number of fused-ring (bicyclic) bond motifs is 2. The molecule has 0 atom stereocenters. The number of thiazole rings is 1. The van der Waals surface area contributed by atoms with Crippen molar-refractivity contribution in [2.75, 3.05) is 11.6 Å². The van der Waals surface area contributed by atoms with Crippen LogP contribution in [0.3, 0.4) is 0 Å². The van der Waals surface area contributed by atoms with Gasteiger partial charge in [0.1, 0.15) is 0 Å². The molecule has 3 aromatic carbocycles. The topological polar surface area (TPSA) is 89.0 Å².